The highest BCUT2D eigenvalue weighted by Crippen LogP contribution is 2.13. The average molecular weight is 233 g/mol. The monoisotopic (exact) mass is 233 g/mol. The minimum Gasteiger partial charge on any atom is -0.463 e. The Morgan fingerprint density at radius 2 is 2.19 bits per heavy atom. The van der Waals surface area contributed by atoms with E-state index in [0.717, 1.165) is 11.3 Å². The first-order chi connectivity index (χ1) is 7.76. The zero-order valence-electron chi connectivity index (χ0n) is 8.84. The van der Waals surface area contributed by atoms with E-state index in [1.165, 1.54) is 6.08 Å². The van der Waals surface area contributed by atoms with Gasteiger partial charge in [-0.3, -0.25) is 0 Å². The normalized spacial score (nSPS) is 9.81. The molecule has 0 aromatic heterocycles. The van der Waals surface area contributed by atoms with E-state index in [-0.39, 0.29) is 5.97 Å². The maximum absolute atomic E-state index is 11.0. The second-order valence-electron chi connectivity index (χ2n) is 2.88. The fourth-order valence-electron chi connectivity index (χ4n) is 1.07. The molecule has 1 aromatic carbocycles. The van der Waals surface area contributed by atoms with Crippen LogP contribution < -0.4 is 0 Å². The number of ether oxygens (including phenoxy) is 1. The average Bonchev–Trinajstić information content (AvgIpc) is 2.29. The Labute approximate surface area is 99.5 Å². The van der Waals surface area contributed by atoms with E-state index >= 15 is 0 Å². The minimum atomic E-state index is -0.344. The number of isothiocyanates is 1. The summed E-state index contributed by atoms with van der Waals surface area (Å²) in [4.78, 5) is 14.9. The highest BCUT2D eigenvalue weighted by Gasteiger charge is 1.94. The zero-order chi connectivity index (χ0) is 11.8. The van der Waals surface area contributed by atoms with Crippen LogP contribution in [0.15, 0.2) is 35.3 Å². The van der Waals surface area contributed by atoms with Gasteiger partial charge in [0.15, 0.2) is 0 Å². The summed E-state index contributed by atoms with van der Waals surface area (Å²) >= 11 is 4.49. The number of nitrogens with zero attached hydrogens (tertiary/aromatic N) is 1. The summed E-state index contributed by atoms with van der Waals surface area (Å²) in [5.41, 5.74) is 1.64. The Hall–Kier alpha value is -1.77. The molecular formula is C12H11NO2S. The van der Waals surface area contributed by atoms with Gasteiger partial charge in [0, 0.05) is 6.08 Å². The lowest BCUT2D eigenvalue weighted by atomic mass is 10.2. The standard InChI is InChI=1S/C12H11NO2S/c1-2-15-12(14)8-5-10-3-6-11(7-4-10)13-9-16/h3-8H,2H2,1H3. The summed E-state index contributed by atoms with van der Waals surface area (Å²) in [7, 11) is 0. The number of thiocarbonyl (C=S) groups is 1. The van der Waals surface area contributed by atoms with Crippen molar-refractivity contribution in [1.82, 2.24) is 0 Å². The third kappa shape index (κ3) is 4.17. The number of hydrogen-bond acceptors (Lipinski definition) is 4. The van der Waals surface area contributed by atoms with Crippen molar-refractivity contribution in [1.29, 1.82) is 0 Å². The molecule has 82 valence electrons. The van der Waals surface area contributed by atoms with Gasteiger partial charge in [-0.15, -0.1) is 0 Å². The van der Waals surface area contributed by atoms with Crippen molar-refractivity contribution in [3.63, 3.8) is 0 Å². The lowest BCUT2D eigenvalue weighted by Gasteiger charge is -1.96. The second kappa shape index (κ2) is 6.67. The Morgan fingerprint density at radius 3 is 2.75 bits per heavy atom. The van der Waals surface area contributed by atoms with Gasteiger partial charge in [0.1, 0.15) is 0 Å². The summed E-state index contributed by atoms with van der Waals surface area (Å²) < 4.78 is 4.76. The predicted molar refractivity (Wildman–Crippen MR) is 66.8 cm³/mol. The number of esters is 1. The third-order valence-electron chi connectivity index (χ3n) is 1.77. The summed E-state index contributed by atoms with van der Waals surface area (Å²) in [6.07, 6.45) is 3.07. The molecule has 0 N–H and O–H groups in total. The van der Waals surface area contributed by atoms with Crippen molar-refractivity contribution in [2.45, 2.75) is 6.92 Å². The Morgan fingerprint density at radius 1 is 1.50 bits per heavy atom. The fraction of sp³-hybridized carbons (Fsp3) is 0.167. The van der Waals surface area contributed by atoms with E-state index < -0.39 is 0 Å². The van der Waals surface area contributed by atoms with E-state index in [0.29, 0.717) is 6.61 Å². The lowest BCUT2D eigenvalue weighted by Crippen LogP contribution is -1.98. The molecule has 0 bridgehead atoms. The van der Waals surface area contributed by atoms with E-state index in [4.69, 9.17) is 4.74 Å². The molecule has 16 heavy (non-hydrogen) atoms. The molecule has 0 aliphatic heterocycles. The van der Waals surface area contributed by atoms with Crippen LogP contribution in [0.5, 0.6) is 0 Å². The fourth-order valence-corrected chi connectivity index (χ4v) is 1.17. The van der Waals surface area contributed by atoms with E-state index in [1.54, 1.807) is 25.1 Å². The Kier molecular flexibility index (Phi) is 5.12. The molecular weight excluding hydrogens is 222 g/mol. The highest BCUT2D eigenvalue weighted by atomic mass is 32.1. The van der Waals surface area contributed by atoms with Crippen LogP contribution in [0.4, 0.5) is 5.69 Å². The van der Waals surface area contributed by atoms with E-state index in [9.17, 15) is 4.79 Å². The van der Waals surface area contributed by atoms with Crippen LogP contribution in [0.1, 0.15) is 12.5 Å². The summed E-state index contributed by atoms with van der Waals surface area (Å²) in [5.74, 6) is -0.344. The molecule has 0 aliphatic rings. The number of aliphatic imine (C=N–C) groups is 1. The van der Waals surface area contributed by atoms with Crippen LogP contribution in [0.3, 0.4) is 0 Å². The van der Waals surface area contributed by atoms with Crippen molar-refractivity contribution in [3.05, 3.63) is 35.9 Å². The van der Waals surface area contributed by atoms with Crippen LogP contribution in [-0.2, 0) is 9.53 Å². The molecule has 0 fully saturated rings. The zero-order valence-corrected chi connectivity index (χ0v) is 9.66. The molecule has 0 atom stereocenters. The lowest BCUT2D eigenvalue weighted by molar-refractivity contribution is -0.137. The predicted octanol–water partition coefficient (Wildman–Crippen LogP) is 3.00. The van der Waals surface area contributed by atoms with E-state index in [1.807, 2.05) is 12.1 Å². The van der Waals surface area contributed by atoms with Crippen molar-refractivity contribution in [2.75, 3.05) is 6.61 Å². The van der Waals surface area contributed by atoms with Crippen LogP contribution in [-0.4, -0.2) is 17.7 Å². The molecule has 0 saturated heterocycles. The van der Waals surface area contributed by atoms with Gasteiger partial charge in [0.2, 0.25) is 0 Å². The van der Waals surface area contributed by atoms with Gasteiger partial charge in [-0.25, -0.2) is 4.79 Å². The summed E-state index contributed by atoms with van der Waals surface area (Å²) in [5, 5.41) is 2.29. The van der Waals surface area contributed by atoms with Gasteiger partial charge in [-0.05, 0) is 42.9 Å². The topological polar surface area (TPSA) is 38.7 Å². The second-order valence-corrected chi connectivity index (χ2v) is 3.06. The summed E-state index contributed by atoms with van der Waals surface area (Å²) in [6.45, 7) is 2.15. The first kappa shape index (κ1) is 12.3. The van der Waals surface area contributed by atoms with Crippen molar-refractivity contribution >= 4 is 35.1 Å². The van der Waals surface area contributed by atoms with Crippen LogP contribution >= 0.6 is 12.2 Å². The minimum absolute atomic E-state index is 0.344. The maximum Gasteiger partial charge on any atom is 0.330 e. The SMILES string of the molecule is CCOC(=O)C=Cc1ccc(N=C=S)cc1. The number of benzene rings is 1. The molecule has 1 aromatic rings. The third-order valence-corrected chi connectivity index (χ3v) is 1.86. The first-order valence-electron chi connectivity index (χ1n) is 4.79. The molecule has 1 rings (SSSR count). The van der Waals surface area contributed by atoms with Crippen molar-refractivity contribution < 1.29 is 9.53 Å². The van der Waals surface area contributed by atoms with Gasteiger partial charge in [-0.1, -0.05) is 12.1 Å². The van der Waals surface area contributed by atoms with Gasteiger partial charge < -0.3 is 4.74 Å². The number of carbonyl (C=O) groups excluding carboxylic acids is 1. The molecule has 0 amide bonds. The summed E-state index contributed by atoms with van der Waals surface area (Å²) in [6, 6.07) is 7.26. The Bertz CT molecular complexity index is 431. The van der Waals surface area contributed by atoms with Crippen molar-refractivity contribution in [3.8, 4) is 0 Å². The molecule has 0 unspecified atom stereocenters. The molecule has 3 nitrogen and oxygen atoms in total. The molecule has 0 saturated carbocycles. The number of rotatable bonds is 4. The maximum atomic E-state index is 11.0. The van der Waals surface area contributed by atoms with Gasteiger partial charge in [-0.2, -0.15) is 4.99 Å². The van der Waals surface area contributed by atoms with Crippen LogP contribution in [0.2, 0.25) is 0 Å². The Balaban J connectivity index is 2.68. The quantitative estimate of drug-likeness (QED) is 0.347. The van der Waals surface area contributed by atoms with Crippen LogP contribution in [0, 0.1) is 0 Å². The van der Waals surface area contributed by atoms with Gasteiger partial charge in [0.05, 0.1) is 17.5 Å². The van der Waals surface area contributed by atoms with E-state index in [2.05, 4.69) is 22.4 Å². The largest absolute Gasteiger partial charge is 0.463 e. The van der Waals surface area contributed by atoms with Crippen LogP contribution in [0.25, 0.3) is 6.08 Å². The molecule has 0 radical (unpaired) electrons. The molecule has 0 aliphatic carbocycles. The molecule has 0 spiro atoms. The molecule has 0 heterocycles. The number of carbonyl (C=O) groups is 1. The number of hydrogen-bond donors (Lipinski definition) is 0. The van der Waals surface area contributed by atoms with Crippen molar-refractivity contribution in [2.24, 2.45) is 4.99 Å². The molecule has 4 heteroatoms. The highest BCUT2D eigenvalue weighted by molar-refractivity contribution is 7.78. The smallest absolute Gasteiger partial charge is 0.330 e. The van der Waals surface area contributed by atoms with Gasteiger partial charge in [0.25, 0.3) is 0 Å². The van der Waals surface area contributed by atoms with Gasteiger partial charge >= 0.3 is 5.97 Å². The first-order valence-corrected chi connectivity index (χ1v) is 5.20.